The lowest BCUT2D eigenvalue weighted by Gasteiger charge is -2.09. The number of fused-ring (bicyclic) bond motifs is 1. The summed E-state index contributed by atoms with van der Waals surface area (Å²) in [5, 5.41) is 0. The Morgan fingerprint density at radius 1 is 0.926 bits per heavy atom. The van der Waals surface area contributed by atoms with Crippen LogP contribution in [0.25, 0.3) is 28.1 Å². The average Bonchev–Trinajstić information content (AvgIpc) is 2.99. The smallest absolute Gasteiger partial charge is 0.397 e. The number of imidazole rings is 1. The number of alkyl halides is 3. The predicted molar refractivity (Wildman–Crippen MR) is 95.9 cm³/mol. The van der Waals surface area contributed by atoms with Crippen molar-refractivity contribution in [2.75, 3.05) is 11.5 Å². The quantitative estimate of drug-likeness (QED) is 0.525. The van der Waals surface area contributed by atoms with Gasteiger partial charge in [-0.1, -0.05) is 18.2 Å². The van der Waals surface area contributed by atoms with E-state index in [1.54, 1.807) is 28.8 Å². The SMILES string of the molecule is Nc1cccc2c1nc(N)n2-c1cc(-c2ccc(C(F)(F)F)cc2)ncn1. The molecule has 0 aliphatic rings. The van der Waals surface area contributed by atoms with Crippen molar-refractivity contribution in [1.29, 1.82) is 0 Å². The molecule has 4 aromatic rings. The molecule has 2 aromatic heterocycles. The Hall–Kier alpha value is -3.62. The molecule has 2 aromatic carbocycles. The highest BCUT2D eigenvalue weighted by molar-refractivity contribution is 5.90. The molecule has 0 unspecified atom stereocenters. The van der Waals surface area contributed by atoms with E-state index in [1.807, 2.05) is 0 Å². The van der Waals surface area contributed by atoms with Crippen LogP contribution in [0.2, 0.25) is 0 Å². The summed E-state index contributed by atoms with van der Waals surface area (Å²) in [5.41, 5.74) is 13.9. The maximum Gasteiger partial charge on any atom is 0.416 e. The molecule has 136 valence electrons. The monoisotopic (exact) mass is 370 g/mol. The number of hydrogen-bond acceptors (Lipinski definition) is 5. The van der Waals surface area contributed by atoms with E-state index in [-0.39, 0.29) is 5.95 Å². The summed E-state index contributed by atoms with van der Waals surface area (Å²) >= 11 is 0. The van der Waals surface area contributed by atoms with E-state index in [0.29, 0.717) is 33.8 Å². The molecular formula is C18H13F3N6. The first-order chi connectivity index (χ1) is 12.8. The Morgan fingerprint density at radius 3 is 2.37 bits per heavy atom. The third kappa shape index (κ3) is 2.92. The molecule has 0 radical (unpaired) electrons. The number of nitrogens with two attached hydrogens (primary N) is 2. The van der Waals surface area contributed by atoms with Crippen LogP contribution in [0.5, 0.6) is 0 Å². The largest absolute Gasteiger partial charge is 0.416 e. The van der Waals surface area contributed by atoms with Crippen molar-refractivity contribution in [3.63, 3.8) is 0 Å². The first-order valence-corrected chi connectivity index (χ1v) is 7.87. The zero-order chi connectivity index (χ0) is 19.2. The standard InChI is InChI=1S/C18H13F3N6/c19-18(20,21)11-6-4-10(5-7-11)13-8-15(25-9-24-13)27-14-3-1-2-12(22)16(14)26-17(27)23/h1-9H,22H2,(H2,23,26). The van der Waals surface area contributed by atoms with Gasteiger partial charge in [-0.15, -0.1) is 0 Å². The molecule has 0 atom stereocenters. The molecule has 0 amide bonds. The first-order valence-electron chi connectivity index (χ1n) is 7.87. The first kappa shape index (κ1) is 16.8. The van der Waals surface area contributed by atoms with Crippen molar-refractivity contribution >= 4 is 22.7 Å². The second-order valence-electron chi connectivity index (χ2n) is 5.86. The van der Waals surface area contributed by atoms with Crippen molar-refractivity contribution in [3.8, 4) is 17.1 Å². The van der Waals surface area contributed by atoms with E-state index >= 15 is 0 Å². The maximum atomic E-state index is 12.7. The molecule has 4 rings (SSSR count). The summed E-state index contributed by atoms with van der Waals surface area (Å²) in [7, 11) is 0. The van der Waals surface area contributed by atoms with Gasteiger partial charge in [0.2, 0.25) is 5.95 Å². The number of benzene rings is 2. The molecule has 0 saturated carbocycles. The zero-order valence-corrected chi connectivity index (χ0v) is 13.8. The van der Waals surface area contributed by atoms with Crippen LogP contribution in [0.15, 0.2) is 54.9 Å². The minimum absolute atomic E-state index is 0.194. The van der Waals surface area contributed by atoms with Gasteiger partial charge in [0, 0.05) is 11.6 Å². The van der Waals surface area contributed by atoms with Crippen molar-refractivity contribution in [2.45, 2.75) is 6.18 Å². The number of rotatable bonds is 2. The fraction of sp³-hybridized carbons (Fsp3) is 0.0556. The second kappa shape index (κ2) is 5.97. The van der Waals surface area contributed by atoms with Crippen molar-refractivity contribution in [2.24, 2.45) is 0 Å². The lowest BCUT2D eigenvalue weighted by atomic mass is 10.1. The minimum Gasteiger partial charge on any atom is -0.397 e. The summed E-state index contributed by atoms with van der Waals surface area (Å²) in [5.74, 6) is 0.630. The van der Waals surface area contributed by atoms with Gasteiger partial charge in [0.15, 0.2) is 0 Å². The van der Waals surface area contributed by atoms with Crippen LogP contribution in [0, 0.1) is 0 Å². The summed E-state index contributed by atoms with van der Waals surface area (Å²) < 4.78 is 39.8. The van der Waals surface area contributed by atoms with Gasteiger partial charge in [-0.25, -0.2) is 15.0 Å². The Morgan fingerprint density at radius 2 is 1.67 bits per heavy atom. The number of para-hydroxylation sites is 1. The second-order valence-corrected chi connectivity index (χ2v) is 5.86. The molecule has 2 heterocycles. The average molecular weight is 370 g/mol. The van der Waals surface area contributed by atoms with Gasteiger partial charge in [-0.05, 0) is 24.3 Å². The summed E-state index contributed by atoms with van der Waals surface area (Å²) in [4.78, 5) is 12.6. The molecule has 4 N–H and O–H groups in total. The van der Waals surface area contributed by atoms with E-state index in [0.717, 1.165) is 12.1 Å². The van der Waals surface area contributed by atoms with Gasteiger partial charge >= 0.3 is 6.18 Å². The Balaban J connectivity index is 1.80. The number of hydrogen-bond donors (Lipinski definition) is 2. The summed E-state index contributed by atoms with van der Waals surface area (Å²) in [6.45, 7) is 0. The van der Waals surface area contributed by atoms with Gasteiger partial charge in [0.25, 0.3) is 0 Å². The lowest BCUT2D eigenvalue weighted by molar-refractivity contribution is -0.137. The number of aromatic nitrogens is 4. The third-order valence-corrected chi connectivity index (χ3v) is 4.13. The minimum atomic E-state index is -4.39. The van der Waals surface area contributed by atoms with Crippen molar-refractivity contribution < 1.29 is 13.2 Å². The van der Waals surface area contributed by atoms with Crippen LogP contribution < -0.4 is 11.5 Å². The zero-order valence-electron chi connectivity index (χ0n) is 13.8. The number of nitrogen functional groups attached to an aromatic ring is 2. The van der Waals surface area contributed by atoms with E-state index in [4.69, 9.17) is 11.5 Å². The van der Waals surface area contributed by atoms with Crippen molar-refractivity contribution in [3.05, 3.63) is 60.4 Å². The van der Waals surface area contributed by atoms with E-state index in [2.05, 4.69) is 15.0 Å². The molecule has 6 nitrogen and oxygen atoms in total. The molecule has 0 aliphatic carbocycles. The Labute approximate surface area is 151 Å². The molecule has 0 bridgehead atoms. The Bertz CT molecular complexity index is 1130. The van der Waals surface area contributed by atoms with Gasteiger partial charge in [0.05, 0.1) is 22.5 Å². The van der Waals surface area contributed by atoms with Crippen LogP contribution >= 0.6 is 0 Å². The molecule has 9 heteroatoms. The normalized spacial score (nSPS) is 11.8. The fourth-order valence-corrected chi connectivity index (χ4v) is 2.84. The van der Waals surface area contributed by atoms with E-state index in [1.165, 1.54) is 18.5 Å². The molecule has 0 aliphatic heterocycles. The van der Waals surface area contributed by atoms with Crippen molar-refractivity contribution in [1.82, 2.24) is 19.5 Å². The van der Waals surface area contributed by atoms with Crippen LogP contribution in [0.1, 0.15) is 5.56 Å². The molecule has 0 spiro atoms. The van der Waals surface area contributed by atoms with Gasteiger partial charge < -0.3 is 11.5 Å². The number of halogens is 3. The predicted octanol–water partition coefficient (Wildman–Crippen LogP) is 3.67. The molecule has 0 saturated heterocycles. The van der Waals surface area contributed by atoms with E-state index < -0.39 is 11.7 Å². The summed E-state index contributed by atoms with van der Waals surface area (Å²) in [6.07, 6.45) is -3.07. The molecule has 0 fully saturated rings. The van der Waals surface area contributed by atoms with E-state index in [9.17, 15) is 13.2 Å². The van der Waals surface area contributed by atoms with Gasteiger partial charge in [-0.2, -0.15) is 13.2 Å². The van der Waals surface area contributed by atoms with Crippen LogP contribution in [-0.4, -0.2) is 19.5 Å². The highest BCUT2D eigenvalue weighted by Gasteiger charge is 2.30. The molecular weight excluding hydrogens is 357 g/mol. The van der Waals surface area contributed by atoms with Crippen LogP contribution in [-0.2, 0) is 6.18 Å². The van der Waals surface area contributed by atoms with Crippen LogP contribution in [0.4, 0.5) is 24.8 Å². The Kier molecular flexibility index (Phi) is 3.72. The third-order valence-electron chi connectivity index (χ3n) is 4.13. The molecule has 27 heavy (non-hydrogen) atoms. The topological polar surface area (TPSA) is 95.6 Å². The maximum absolute atomic E-state index is 12.7. The van der Waals surface area contributed by atoms with Gasteiger partial charge in [-0.3, -0.25) is 4.57 Å². The highest BCUT2D eigenvalue weighted by atomic mass is 19.4. The number of anilines is 2. The highest BCUT2D eigenvalue weighted by Crippen LogP contribution is 2.31. The lowest BCUT2D eigenvalue weighted by Crippen LogP contribution is -2.05. The van der Waals surface area contributed by atoms with Crippen LogP contribution in [0.3, 0.4) is 0 Å². The van der Waals surface area contributed by atoms with Gasteiger partial charge in [0.1, 0.15) is 17.7 Å². The number of nitrogens with zero attached hydrogens (tertiary/aromatic N) is 4. The summed E-state index contributed by atoms with van der Waals surface area (Å²) in [6, 6.07) is 11.7. The fourth-order valence-electron chi connectivity index (χ4n) is 2.84.